The molecule has 6 heteroatoms. The van der Waals surface area contributed by atoms with Crippen molar-refractivity contribution in [2.24, 2.45) is 5.92 Å². The second-order valence-corrected chi connectivity index (χ2v) is 5.64. The van der Waals surface area contributed by atoms with E-state index in [1.165, 1.54) is 0 Å². The van der Waals surface area contributed by atoms with Crippen molar-refractivity contribution in [2.45, 2.75) is 45.4 Å². The number of aliphatic hydroxyl groups excluding tert-OH is 1. The molecule has 0 aromatic carbocycles. The van der Waals surface area contributed by atoms with E-state index in [0.717, 1.165) is 12.8 Å². The zero-order valence-electron chi connectivity index (χ0n) is 12.6. The number of carbonyl (C=O) groups is 1. The van der Waals surface area contributed by atoms with Crippen LogP contribution in [-0.4, -0.2) is 34.6 Å². The SMILES string of the molecule is CC1NNC(C)C1CCCNC(=O)c1cc(CO)ccn1. The average molecular weight is 292 g/mol. The molecule has 0 aliphatic carbocycles. The van der Waals surface area contributed by atoms with Crippen molar-refractivity contribution < 1.29 is 9.90 Å². The largest absolute Gasteiger partial charge is 0.392 e. The molecule has 1 fully saturated rings. The Hall–Kier alpha value is -1.50. The summed E-state index contributed by atoms with van der Waals surface area (Å²) in [5.74, 6) is 0.395. The predicted octanol–water partition coefficient (Wildman–Crippen LogP) is 0.585. The van der Waals surface area contributed by atoms with E-state index < -0.39 is 0 Å². The number of carbonyl (C=O) groups excluding carboxylic acids is 1. The lowest BCUT2D eigenvalue weighted by molar-refractivity contribution is 0.0947. The molecule has 2 atom stereocenters. The minimum absolute atomic E-state index is 0.0831. The van der Waals surface area contributed by atoms with E-state index >= 15 is 0 Å². The van der Waals surface area contributed by atoms with Gasteiger partial charge in [0.2, 0.25) is 0 Å². The van der Waals surface area contributed by atoms with Gasteiger partial charge in [-0.05, 0) is 50.3 Å². The molecule has 0 spiro atoms. The van der Waals surface area contributed by atoms with Gasteiger partial charge in [0.25, 0.3) is 5.91 Å². The molecule has 4 N–H and O–H groups in total. The molecule has 2 unspecified atom stereocenters. The first kappa shape index (κ1) is 15.9. The quantitative estimate of drug-likeness (QED) is 0.576. The van der Waals surface area contributed by atoms with Crippen molar-refractivity contribution in [3.05, 3.63) is 29.6 Å². The molecule has 0 bridgehead atoms. The number of nitrogens with one attached hydrogen (secondary N) is 3. The van der Waals surface area contributed by atoms with Gasteiger partial charge in [0.05, 0.1) is 6.61 Å². The molecule has 1 aliphatic heterocycles. The summed E-state index contributed by atoms with van der Waals surface area (Å²) in [4.78, 5) is 16.0. The molecule has 21 heavy (non-hydrogen) atoms. The van der Waals surface area contributed by atoms with Gasteiger partial charge in [-0.25, -0.2) is 0 Å². The van der Waals surface area contributed by atoms with E-state index in [0.29, 0.717) is 35.8 Å². The third kappa shape index (κ3) is 4.23. The Morgan fingerprint density at radius 1 is 1.38 bits per heavy atom. The highest BCUT2D eigenvalue weighted by molar-refractivity contribution is 5.92. The number of pyridine rings is 1. The lowest BCUT2D eigenvalue weighted by Crippen LogP contribution is -2.30. The molecule has 0 radical (unpaired) electrons. The summed E-state index contributed by atoms with van der Waals surface area (Å²) in [6.45, 7) is 4.90. The number of hydrogen-bond donors (Lipinski definition) is 4. The number of nitrogens with zero attached hydrogens (tertiary/aromatic N) is 1. The van der Waals surface area contributed by atoms with Crippen LogP contribution in [0.25, 0.3) is 0 Å². The molecule has 1 aromatic heterocycles. The summed E-state index contributed by atoms with van der Waals surface area (Å²) < 4.78 is 0. The van der Waals surface area contributed by atoms with Gasteiger partial charge >= 0.3 is 0 Å². The maximum atomic E-state index is 12.0. The van der Waals surface area contributed by atoms with Crippen molar-refractivity contribution in [3.63, 3.8) is 0 Å². The van der Waals surface area contributed by atoms with E-state index in [9.17, 15) is 4.79 Å². The molecule has 1 aliphatic rings. The summed E-state index contributed by atoms with van der Waals surface area (Å²) in [6.07, 6.45) is 3.54. The Morgan fingerprint density at radius 3 is 2.76 bits per heavy atom. The highest BCUT2D eigenvalue weighted by Gasteiger charge is 2.28. The Kier molecular flexibility index (Phi) is 5.67. The topological polar surface area (TPSA) is 86.3 Å². The molecular formula is C15H24N4O2. The van der Waals surface area contributed by atoms with E-state index in [1.54, 1.807) is 18.3 Å². The van der Waals surface area contributed by atoms with Gasteiger partial charge in [0.15, 0.2) is 0 Å². The normalized spacial score (nSPS) is 25.0. The fourth-order valence-corrected chi connectivity index (χ4v) is 2.74. The smallest absolute Gasteiger partial charge is 0.269 e. The number of aliphatic hydroxyl groups is 1. The molecule has 1 saturated heterocycles. The van der Waals surface area contributed by atoms with E-state index in [1.807, 2.05) is 0 Å². The van der Waals surface area contributed by atoms with Crippen LogP contribution < -0.4 is 16.2 Å². The first-order valence-electron chi connectivity index (χ1n) is 7.47. The Labute approximate surface area is 125 Å². The summed E-state index contributed by atoms with van der Waals surface area (Å²) >= 11 is 0. The molecule has 2 rings (SSSR count). The Bertz CT molecular complexity index is 470. The van der Waals surface area contributed by atoms with Crippen LogP contribution in [0.2, 0.25) is 0 Å². The average Bonchev–Trinajstić information content (AvgIpc) is 2.82. The maximum Gasteiger partial charge on any atom is 0.269 e. The zero-order chi connectivity index (χ0) is 15.2. The minimum atomic E-state index is -0.186. The molecule has 1 aromatic rings. The summed E-state index contributed by atoms with van der Waals surface area (Å²) in [7, 11) is 0. The van der Waals surface area contributed by atoms with Gasteiger partial charge in [0.1, 0.15) is 5.69 Å². The van der Waals surface area contributed by atoms with Gasteiger partial charge in [-0.2, -0.15) is 0 Å². The fourth-order valence-electron chi connectivity index (χ4n) is 2.74. The van der Waals surface area contributed by atoms with Crippen LogP contribution in [0.15, 0.2) is 18.3 Å². The minimum Gasteiger partial charge on any atom is -0.392 e. The van der Waals surface area contributed by atoms with Crippen LogP contribution in [0.3, 0.4) is 0 Å². The van der Waals surface area contributed by atoms with E-state index in [4.69, 9.17) is 5.11 Å². The van der Waals surface area contributed by atoms with Gasteiger partial charge in [-0.3, -0.25) is 20.6 Å². The molecule has 2 heterocycles. The van der Waals surface area contributed by atoms with Gasteiger partial charge in [-0.1, -0.05) is 0 Å². The van der Waals surface area contributed by atoms with Crippen LogP contribution in [-0.2, 0) is 6.61 Å². The summed E-state index contributed by atoms with van der Waals surface area (Å²) in [6, 6.07) is 4.22. The number of aromatic nitrogens is 1. The molecular weight excluding hydrogens is 268 g/mol. The Morgan fingerprint density at radius 2 is 2.10 bits per heavy atom. The number of hydrazine groups is 1. The van der Waals surface area contributed by atoms with Gasteiger partial charge in [-0.15, -0.1) is 0 Å². The Balaban J connectivity index is 1.74. The van der Waals surface area contributed by atoms with Crippen LogP contribution >= 0.6 is 0 Å². The molecule has 6 nitrogen and oxygen atoms in total. The number of hydrogen-bond acceptors (Lipinski definition) is 5. The molecule has 116 valence electrons. The summed E-state index contributed by atoms with van der Waals surface area (Å²) in [5.41, 5.74) is 7.52. The number of amides is 1. The second-order valence-electron chi connectivity index (χ2n) is 5.64. The van der Waals surface area contributed by atoms with Crippen LogP contribution in [0.5, 0.6) is 0 Å². The standard InChI is InChI=1S/C15H24N4O2/c1-10-13(11(2)19-18-10)4-3-6-17-15(21)14-8-12(9-20)5-7-16-14/h5,7-8,10-11,13,18-20H,3-4,6,9H2,1-2H3,(H,17,21). The fraction of sp³-hybridized carbons (Fsp3) is 0.600. The van der Waals surface area contributed by atoms with E-state index in [2.05, 4.69) is 35.0 Å². The van der Waals surface area contributed by atoms with Crippen molar-refractivity contribution in [1.82, 2.24) is 21.2 Å². The first-order valence-corrected chi connectivity index (χ1v) is 7.47. The lowest BCUT2D eigenvalue weighted by atomic mass is 9.92. The maximum absolute atomic E-state index is 12.0. The van der Waals surface area contributed by atoms with Gasteiger partial charge < -0.3 is 10.4 Å². The van der Waals surface area contributed by atoms with E-state index in [-0.39, 0.29) is 12.5 Å². The first-order chi connectivity index (χ1) is 10.1. The third-order valence-electron chi connectivity index (χ3n) is 4.06. The predicted molar refractivity (Wildman–Crippen MR) is 80.4 cm³/mol. The van der Waals surface area contributed by atoms with Crippen molar-refractivity contribution in [3.8, 4) is 0 Å². The van der Waals surface area contributed by atoms with Crippen molar-refractivity contribution in [2.75, 3.05) is 6.54 Å². The monoisotopic (exact) mass is 292 g/mol. The lowest BCUT2D eigenvalue weighted by Gasteiger charge is -2.17. The summed E-state index contributed by atoms with van der Waals surface area (Å²) in [5, 5.41) is 11.9. The molecule has 0 saturated carbocycles. The zero-order valence-corrected chi connectivity index (χ0v) is 12.6. The molecule has 1 amide bonds. The van der Waals surface area contributed by atoms with Crippen molar-refractivity contribution in [1.29, 1.82) is 0 Å². The van der Waals surface area contributed by atoms with Gasteiger partial charge in [0, 0.05) is 24.8 Å². The van der Waals surface area contributed by atoms with Crippen molar-refractivity contribution >= 4 is 5.91 Å². The van der Waals surface area contributed by atoms with Crippen LogP contribution in [0.4, 0.5) is 0 Å². The van der Waals surface area contributed by atoms with Crippen LogP contribution in [0.1, 0.15) is 42.7 Å². The second kappa shape index (κ2) is 7.49. The number of rotatable bonds is 6. The highest BCUT2D eigenvalue weighted by atomic mass is 16.3. The third-order valence-corrected chi connectivity index (χ3v) is 4.06. The van der Waals surface area contributed by atoms with Crippen LogP contribution in [0, 0.1) is 5.92 Å². The highest BCUT2D eigenvalue weighted by Crippen LogP contribution is 2.19.